The van der Waals surface area contributed by atoms with Gasteiger partial charge in [-0.1, -0.05) is 29.3 Å². The molecule has 0 bridgehead atoms. The summed E-state index contributed by atoms with van der Waals surface area (Å²) in [5.41, 5.74) is 0.371. The van der Waals surface area contributed by atoms with Crippen LogP contribution in [-0.2, 0) is 4.79 Å². The van der Waals surface area contributed by atoms with Gasteiger partial charge in [0.15, 0.2) is 0 Å². The van der Waals surface area contributed by atoms with Gasteiger partial charge in [-0.15, -0.1) is 0 Å². The van der Waals surface area contributed by atoms with Crippen molar-refractivity contribution in [1.82, 2.24) is 9.88 Å². The van der Waals surface area contributed by atoms with E-state index in [9.17, 15) is 9.59 Å². The van der Waals surface area contributed by atoms with Crippen molar-refractivity contribution >= 4 is 35.1 Å². The number of carbonyl (C=O) groups is 2. The van der Waals surface area contributed by atoms with Crippen LogP contribution in [0, 0.1) is 5.92 Å². The molecule has 0 aliphatic carbocycles. The maximum Gasteiger partial charge on any atom is 0.308 e. The Balaban J connectivity index is 1.69. The van der Waals surface area contributed by atoms with Gasteiger partial charge >= 0.3 is 5.97 Å². The van der Waals surface area contributed by atoms with E-state index in [-0.39, 0.29) is 23.4 Å². The monoisotopic (exact) mass is 380 g/mol. The largest absolute Gasteiger partial charge is 0.481 e. The lowest BCUT2D eigenvalue weighted by atomic mass is 10.1. The van der Waals surface area contributed by atoms with E-state index in [1.165, 1.54) is 11.1 Å². The van der Waals surface area contributed by atoms with Crippen molar-refractivity contribution in [2.45, 2.75) is 6.42 Å². The van der Waals surface area contributed by atoms with E-state index in [4.69, 9.17) is 33.0 Å². The van der Waals surface area contributed by atoms with Crippen LogP contribution in [0.25, 0.3) is 0 Å². The topological polar surface area (TPSA) is 79.7 Å². The molecule has 1 N–H and O–H groups in total. The van der Waals surface area contributed by atoms with E-state index in [1.807, 2.05) is 0 Å². The first kappa shape index (κ1) is 17.5. The molecule has 25 heavy (non-hydrogen) atoms. The molecule has 8 heteroatoms. The second-order valence-electron chi connectivity index (χ2n) is 5.61. The van der Waals surface area contributed by atoms with Gasteiger partial charge in [-0.05, 0) is 24.6 Å². The Morgan fingerprint density at radius 1 is 1.24 bits per heavy atom. The number of ether oxygens (including phenoxy) is 1. The van der Waals surface area contributed by atoms with Crippen molar-refractivity contribution in [3.63, 3.8) is 0 Å². The summed E-state index contributed by atoms with van der Waals surface area (Å²) in [4.78, 5) is 29.0. The Morgan fingerprint density at radius 2 is 2.04 bits per heavy atom. The van der Waals surface area contributed by atoms with Gasteiger partial charge in [0.05, 0.1) is 16.5 Å². The fourth-order valence-corrected chi connectivity index (χ4v) is 2.90. The molecular weight excluding hydrogens is 367 g/mol. The zero-order valence-electron chi connectivity index (χ0n) is 13.0. The third kappa shape index (κ3) is 3.86. The van der Waals surface area contributed by atoms with Crippen LogP contribution >= 0.6 is 23.2 Å². The number of aliphatic carboxylic acids is 1. The molecule has 6 nitrogen and oxygen atoms in total. The van der Waals surface area contributed by atoms with Crippen molar-refractivity contribution in [1.29, 1.82) is 0 Å². The van der Waals surface area contributed by atoms with Crippen LogP contribution in [0.5, 0.6) is 11.6 Å². The SMILES string of the molecule is O=C(O)C1CCN(C(=O)c2ccc(Oc3cccc(Cl)c3Cl)nc2)C1. The zero-order valence-corrected chi connectivity index (χ0v) is 14.5. The number of benzene rings is 1. The maximum absolute atomic E-state index is 12.4. The number of aromatic nitrogens is 1. The van der Waals surface area contributed by atoms with Gasteiger partial charge in [0, 0.05) is 25.4 Å². The molecular formula is C17H14Cl2N2O4. The van der Waals surface area contributed by atoms with Gasteiger partial charge in [0.1, 0.15) is 10.8 Å². The van der Waals surface area contributed by atoms with Gasteiger partial charge < -0.3 is 14.7 Å². The smallest absolute Gasteiger partial charge is 0.308 e. The molecule has 1 aliphatic rings. The summed E-state index contributed by atoms with van der Waals surface area (Å²) in [5.74, 6) is -1.00. The third-order valence-electron chi connectivity index (χ3n) is 3.94. The molecule has 0 spiro atoms. The summed E-state index contributed by atoms with van der Waals surface area (Å²) in [6.45, 7) is 0.636. The molecule has 0 radical (unpaired) electrons. The third-order valence-corrected chi connectivity index (χ3v) is 4.74. The van der Waals surface area contributed by atoms with E-state index in [2.05, 4.69) is 4.98 Å². The van der Waals surface area contributed by atoms with Gasteiger partial charge in [0.25, 0.3) is 5.91 Å². The number of hydrogen-bond donors (Lipinski definition) is 1. The molecule has 1 atom stereocenters. The molecule has 2 heterocycles. The molecule has 3 rings (SSSR count). The molecule has 1 fully saturated rings. The molecule has 2 aromatic rings. The van der Waals surface area contributed by atoms with E-state index in [1.54, 1.807) is 30.3 Å². The number of hydrogen-bond acceptors (Lipinski definition) is 4. The fourth-order valence-electron chi connectivity index (χ4n) is 2.57. The highest BCUT2D eigenvalue weighted by molar-refractivity contribution is 6.42. The number of carboxylic acid groups (broad SMARTS) is 1. The summed E-state index contributed by atoms with van der Waals surface area (Å²) in [7, 11) is 0. The molecule has 1 amide bonds. The molecule has 0 saturated carbocycles. The minimum atomic E-state index is -0.879. The highest BCUT2D eigenvalue weighted by atomic mass is 35.5. The number of rotatable bonds is 4. The van der Waals surface area contributed by atoms with Crippen molar-refractivity contribution in [2.24, 2.45) is 5.92 Å². The average molecular weight is 381 g/mol. The zero-order chi connectivity index (χ0) is 18.0. The number of pyridine rings is 1. The minimum absolute atomic E-state index is 0.213. The Bertz CT molecular complexity index is 811. The number of amides is 1. The summed E-state index contributed by atoms with van der Waals surface area (Å²) >= 11 is 12.0. The quantitative estimate of drug-likeness (QED) is 0.873. The summed E-state index contributed by atoms with van der Waals surface area (Å²) in [6, 6.07) is 8.14. The van der Waals surface area contributed by atoms with Crippen LogP contribution in [-0.4, -0.2) is 40.0 Å². The first-order chi connectivity index (χ1) is 12.0. The van der Waals surface area contributed by atoms with E-state index < -0.39 is 11.9 Å². The standard InChI is InChI=1S/C17H14Cl2N2O4/c18-12-2-1-3-13(15(12)19)25-14-5-4-10(8-20-14)16(22)21-7-6-11(9-21)17(23)24/h1-5,8,11H,6-7,9H2,(H,23,24). The lowest BCUT2D eigenvalue weighted by Crippen LogP contribution is -2.30. The lowest BCUT2D eigenvalue weighted by molar-refractivity contribution is -0.141. The van der Waals surface area contributed by atoms with E-state index in [0.717, 1.165) is 0 Å². The van der Waals surface area contributed by atoms with Crippen molar-refractivity contribution < 1.29 is 19.4 Å². The van der Waals surface area contributed by atoms with Crippen molar-refractivity contribution in [3.8, 4) is 11.6 Å². The Labute approximate surface area is 153 Å². The number of carbonyl (C=O) groups excluding carboxylic acids is 1. The van der Waals surface area contributed by atoms with Gasteiger partial charge in [-0.2, -0.15) is 0 Å². The Kier molecular flexibility index (Phi) is 5.11. The summed E-state index contributed by atoms with van der Waals surface area (Å²) in [5, 5.41) is 9.66. The molecule has 1 aliphatic heterocycles. The van der Waals surface area contributed by atoms with Gasteiger partial charge in [-0.3, -0.25) is 9.59 Å². The van der Waals surface area contributed by atoms with Crippen LogP contribution in [0.2, 0.25) is 10.0 Å². The molecule has 1 aromatic carbocycles. The summed E-state index contributed by atoms with van der Waals surface area (Å²) in [6.07, 6.45) is 1.85. The van der Waals surface area contributed by atoms with Gasteiger partial charge in [0.2, 0.25) is 5.88 Å². The predicted molar refractivity (Wildman–Crippen MR) is 92.4 cm³/mol. The minimum Gasteiger partial charge on any atom is -0.481 e. The number of carboxylic acids is 1. The van der Waals surface area contributed by atoms with Gasteiger partial charge in [-0.25, -0.2) is 4.98 Å². The second-order valence-corrected chi connectivity index (χ2v) is 6.40. The lowest BCUT2D eigenvalue weighted by Gasteiger charge is -2.15. The number of halogens is 2. The molecule has 1 unspecified atom stereocenters. The predicted octanol–water partition coefficient (Wildman–Crippen LogP) is 3.73. The van der Waals surface area contributed by atoms with Crippen LogP contribution in [0.3, 0.4) is 0 Å². The Morgan fingerprint density at radius 3 is 2.68 bits per heavy atom. The van der Waals surface area contributed by atoms with Crippen LogP contribution in [0.4, 0.5) is 0 Å². The van der Waals surface area contributed by atoms with Crippen LogP contribution in [0.15, 0.2) is 36.5 Å². The number of likely N-dealkylation sites (tertiary alicyclic amines) is 1. The van der Waals surface area contributed by atoms with Crippen LogP contribution < -0.4 is 4.74 Å². The molecule has 1 aromatic heterocycles. The Hall–Kier alpha value is -2.31. The van der Waals surface area contributed by atoms with Crippen molar-refractivity contribution in [2.75, 3.05) is 13.1 Å². The van der Waals surface area contributed by atoms with Crippen LogP contribution in [0.1, 0.15) is 16.8 Å². The first-order valence-electron chi connectivity index (χ1n) is 7.55. The molecule has 130 valence electrons. The van der Waals surface area contributed by atoms with Crippen molar-refractivity contribution in [3.05, 3.63) is 52.1 Å². The average Bonchev–Trinajstić information content (AvgIpc) is 3.09. The van der Waals surface area contributed by atoms with E-state index in [0.29, 0.717) is 29.3 Å². The molecule has 1 saturated heterocycles. The van der Waals surface area contributed by atoms with E-state index >= 15 is 0 Å². The highest BCUT2D eigenvalue weighted by Gasteiger charge is 2.31. The number of nitrogens with zero attached hydrogens (tertiary/aromatic N) is 2. The highest BCUT2D eigenvalue weighted by Crippen LogP contribution is 2.34. The fraction of sp³-hybridized carbons (Fsp3) is 0.235. The summed E-state index contributed by atoms with van der Waals surface area (Å²) < 4.78 is 5.57. The maximum atomic E-state index is 12.4. The first-order valence-corrected chi connectivity index (χ1v) is 8.31. The normalized spacial score (nSPS) is 16.7. The second kappa shape index (κ2) is 7.29.